The van der Waals surface area contributed by atoms with Crippen molar-refractivity contribution in [1.29, 1.82) is 0 Å². The molecular weight excluding hydrogens is 322 g/mol. The maximum atomic E-state index is 6.15. The van der Waals surface area contributed by atoms with Gasteiger partial charge in [0.25, 0.3) is 0 Å². The minimum absolute atomic E-state index is 0.678. The fourth-order valence-electron chi connectivity index (χ4n) is 3.34. The number of imidazole rings is 1. The molecule has 4 rings (SSSR count). The second-order valence-electron chi connectivity index (χ2n) is 6.61. The lowest BCUT2D eigenvalue weighted by Gasteiger charge is -2.31. The molecule has 1 fully saturated rings. The van der Waals surface area contributed by atoms with Gasteiger partial charge in [-0.1, -0.05) is 18.5 Å². The Morgan fingerprint density at radius 3 is 2.96 bits per heavy atom. The number of pyridine rings is 1. The van der Waals surface area contributed by atoms with Crippen LogP contribution in [0, 0.1) is 12.8 Å². The van der Waals surface area contributed by atoms with E-state index in [2.05, 4.69) is 21.8 Å². The Morgan fingerprint density at radius 1 is 1.25 bits per heavy atom. The van der Waals surface area contributed by atoms with Crippen molar-refractivity contribution in [3.63, 3.8) is 0 Å². The molecule has 0 radical (unpaired) electrons. The predicted octanol–water partition coefficient (Wildman–Crippen LogP) is 3.99. The Hall–Kier alpha value is -2.14. The van der Waals surface area contributed by atoms with Gasteiger partial charge in [-0.2, -0.15) is 0 Å². The molecule has 124 valence electrons. The molecule has 0 spiro atoms. The van der Waals surface area contributed by atoms with Crippen molar-refractivity contribution in [1.82, 2.24) is 19.4 Å². The highest BCUT2D eigenvalue weighted by Gasteiger charge is 2.20. The molecule has 0 N–H and O–H groups in total. The van der Waals surface area contributed by atoms with E-state index in [1.165, 1.54) is 12.8 Å². The molecule has 24 heavy (non-hydrogen) atoms. The van der Waals surface area contributed by atoms with Gasteiger partial charge in [-0.05, 0) is 43.9 Å². The van der Waals surface area contributed by atoms with Crippen molar-refractivity contribution in [3.8, 4) is 11.4 Å². The Bertz CT molecular complexity index is 888. The first-order chi connectivity index (χ1) is 11.6. The molecule has 1 aliphatic rings. The molecule has 1 saturated heterocycles. The lowest BCUT2D eigenvalue weighted by Crippen LogP contribution is -2.35. The molecule has 1 unspecified atom stereocenters. The smallest absolute Gasteiger partial charge is 0.226 e. The Morgan fingerprint density at radius 2 is 2.12 bits per heavy atom. The third kappa shape index (κ3) is 2.84. The van der Waals surface area contributed by atoms with Gasteiger partial charge in [-0.3, -0.25) is 4.40 Å². The summed E-state index contributed by atoms with van der Waals surface area (Å²) in [7, 11) is 0. The highest BCUT2D eigenvalue weighted by molar-refractivity contribution is 6.30. The zero-order valence-electron chi connectivity index (χ0n) is 13.9. The van der Waals surface area contributed by atoms with Crippen molar-refractivity contribution in [2.45, 2.75) is 26.7 Å². The van der Waals surface area contributed by atoms with Gasteiger partial charge in [-0.15, -0.1) is 0 Å². The zero-order valence-corrected chi connectivity index (χ0v) is 14.7. The Labute approximate surface area is 146 Å². The highest BCUT2D eigenvalue weighted by Crippen LogP contribution is 2.25. The van der Waals surface area contributed by atoms with Crippen LogP contribution in [0.25, 0.3) is 17.0 Å². The standard InChI is InChI=1S/C18H20ClN5/c1-12-4-3-7-23(10-12)18-21-13(2)8-15(22-18)16-9-20-17-6-5-14(19)11-24(16)17/h5-6,8-9,11-12H,3-4,7,10H2,1-2H3. The first-order valence-corrected chi connectivity index (χ1v) is 8.71. The predicted molar refractivity (Wildman–Crippen MR) is 96.6 cm³/mol. The van der Waals surface area contributed by atoms with E-state index in [1.807, 2.05) is 41.9 Å². The van der Waals surface area contributed by atoms with Crippen LogP contribution < -0.4 is 4.90 Å². The molecule has 0 amide bonds. The van der Waals surface area contributed by atoms with Crippen molar-refractivity contribution in [2.75, 3.05) is 18.0 Å². The number of anilines is 1. The van der Waals surface area contributed by atoms with Gasteiger partial charge >= 0.3 is 0 Å². The molecule has 3 aromatic rings. The number of hydrogen-bond donors (Lipinski definition) is 0. The number of fused-ring (bicyclic) bond motifs is 1. The third-order valence-corrected chi connectivity index (χ3v) is 4.74. The molecule has 0 bridgehead atoms. The van der Waals surface area contributed by atoms with E-state index < -0.39 is 0 Å². The molecule has 6 heteroatoms. The maximum absolute atomic E-state index is 6.15. The van der Waals surface area contributed by atoms with Crippen LogP contribution in [0.5, 0.6) is 0 Å². The summed E-state index contributed by atoms with van der Waals surface area (Å²) in [6.07, 6.45) is 6.19. The number of nitrogens with zero attached hydrogens (tertiary/aromatic N) is 5. The summed E-state index contributed by atoms with van der Waals surface area (Å²) in [6.45, 7) is 6.34. The minimum atomic E-state index is 0.678. The lowest BCUT2D eigenvalue weighted by molar-refractivity contribution is 0.442. The monoisotopic (exact) mass is 341 g/mol. The molecule has 1 atom stereocenters. The molecule has 5 nitrogen and oxygen atoms in total. The van der Waals surface area contributed by atoms with Gasteiger partial charge < -0.3 is 4.90 Å². The van der Waals surface area contributed by atoms with E-state index >= 15 is 0 Å². The fourth-order valence-corrected chi connectivity index (χ4v) is 3.50. The summed E-state index contributed by atoms with van der Waals surface area (Å²) in [5, 5.41) is 0.678. The van der Waals surface area contributed by atoms with Crippen LogP contribution >= 0.6 is 11.6 Å². The van der Waals surface area contributed by atoms with E-state index in [0.717, 1.165) is 41.8 Å². The van der Waals surface area contributed by atoms with Crippen molar-refractivity contribution in [3.05, 3.63) is 41.3 Å². The van der Waals surface area contributed by atoms with Gasteiger partial charge in [0.05, 0.1) is 22.6 Å². The number of piperidine rings is 1. The van der Waals surface area contributed by atoms with Crippen molar-refractivity contribution < 1.29 is 0 Å². The van der Waals surface area contributed by atoms with Crippen LogP contribution in [-0.2, 0) is 0 Å². The zero-order chi connectivity index (χ0) is 16.7. The molecular formula is C18H20ClN5. The molecule has 3 aromatic heterocycles. The van der Waals surface area contributed by atoms with E-state index in [0.29, 0.717) is 10.9 Å². The van der Waals surface area contributed by atoms with Crippen LogP contribution in [0.2, 0.25) is 5.02 Å². The second kappa shape index (κ2) is 6.06. The van der Waals surface area contributed by atoms with Crippen LogP contribution in [-0.4, -0.2) is 32.4 Å². The van der Waals surface area contributed by atoms with Crippen molar-refractivity contribution >= 4 is 23.2 Å². The van der Waals surface area contributed by atoms with Crippen molar-refractivity contribution in [2.24, 2.45) is 5.92 Å². The van der Waals surface area contributed by atoms with E-state index in [9.17, 15) is 0 Å². The van der Waals surface area contributed by atoms with E-state index in [4.69, 9.17) is 16.6 Å². The van der Waals surface area contributed by atoms with Crippen LogP contribution in [0.4, 0.5) is 5.95 Å². The summed E-state index contributed by atoms with van der Waals surface area (Å²) < 4.78 is 1.98. The SMILES string of the molecule is Cc1cc(-c2cnc3ccc(Cl)cn23)nc(N2CCCC(C)C2)n1. The van der Waals surface area contributed by atoms with Crippen LogP contribution in [0.15, 0.2) is 30.6 Å². The molecule has 4 heterocycles. The van der Waals surface area contributed by atoms with Gasteiger partial charge in [0.2, 0.25) is 5.95 Å². The van der Waals surface area contributed by atoms with Crippen LogP contribution in [0.1, 0.15) is 25.5 Å². The van der Waals surface area contributed by atoms with Gasteiger partial charge in [0, 0.05) is 25.0 Å². The summed E-state index contributed by atoms with van der Waals surface area (Å²) in [5.74, 6) is 1.49. The Kier molecular flexibility index (Phi) is 3.88. The minimum Gasteiger partial charge on any atom is -0.341 e. The fraction of sp³-hybridized carbons (Fsp3) is 0.389. The van der Waals surface area contributed by atoms with Gasteiger partial charge in [0.1, 0.15) is 5.65 Å². The topological polar surface area (TPSA) is 46.3 Å². The normalized spacial score (nSPS) is 18.3. The second-order valence-corrected chi connectivity index (χ2v) is 7.04. The lowest BCUT2D eigenvalue weighted by atomic mass is 10.0. The first-order valence-electron chi connectivity index (χ1n) is 8.34. The molecule has 1 aliphatic heterocycles. The number of rotatable bonds is 2. The summed E-state index contributed by atoms with van der Waals surface area (Å²) in [5.41, 5.74) is 3.64. The van der Waals surface area contributed by atoms with Gasteiger partial charge in [0.15, 0.2) is 0 Å². The number of aromatic nitrogens is 4. The summed E-state index contributed by atoms with van der Waals surface area (Å²) in [4.78, 5) is 16.2. The van der Waals surface area contributed by atoms with E-state index in [1.54, 1.807) is 0 Å². The summed E-state index contributed by atoms with van der Waals surface area (Å²) >= 11 is 6.15. The molecule has 0 aliphatic carbocycles. The number of hydrogen-bond acceptors (Lipinski definition) is 4. The molecule has 0 aromatic carbocycles. The maximum Gasteiger partial charge on any atom is 0.226 e. The number of halogens is 1. The average molecular weight is 342 g/mol. The molecule has 0 saturated carbocycles. The Balaban J connectivity index is 1.79. The number of aryl methyl sites for hydroxylation is 1. The highest BCUT2D eigenvalue weighted by atomic mass is 35.5. The first kappa shape index (κ1) is 15.4. The van der Waals surface area contributed by atoms with Crippen LogP contribution in [0.3, 0.4) is 0 Å². The average Bonchev–Trinajstić information content (AvgIpc) is 2.97. The van der Waals surface area contributed by atoms with E-state index in [-0.39, 0.29) is 0 Å². The summed E-state index contributed by atoms with van der Waals surface area (Å²) in [6, 6.07) is 5.76. The van der Waals surface area contributed by atoms with Gasteiger partial charge in [-0.25, -0.2) is 15.0 Å². The quantitative estimate of drug-likeness (QED) is 0.707. The largest absolute Gasteiger partial charge is 0.341 e. The third-order valence-electron chi connectivity index (χ3n) is 4.51.